The van der Waals surface area contributed by atoms with Gasteiger partial charge >= 0.3 is 0 Å². The van der Waals surface area contributed by atoms with Gasteiger partial charge in [-0.25, -0.2) is 0 Å². The zero-order valence-corrected chi connectivity index (χ0v) is 13.2. The molecule has 22 heavy (non-hydrogen) atoms. The van der Waals surface area contributed by atoms with Gasteiger partial charge in [-0.2, -0.15) is 0 Å². The van der Waals surface area contributed by atoms with Crippen LogP contribution < -0.4 is 10.1 Å². The topological polar surface area (TPSA) is 38.3 Å². The fraction of sp³-hybridized carbons (Fsp3) is 0.0588. The van der Waals surface area contributed by atoms with E-state index in [2.05, 4.69) is 5.32 Å². The summed E-state index contributed by atoms with van der Waals surface area (Å²) in [6, 6.07) is 17.6. The normalized spacial score (nSPS) is 15.9. The minimum atomic E-state index is -0.148. The number of hydrogen-bond donors (Lipinski definition) is 1. The molecule has 0 radical (unpaired) electrons. The van der Waals surface area contributed by atoms with Crippen LogP contribution in [0.4, 0.5) is 0 Å². The van der Waals surface area contributed by atoms with Crippen molar-refractivity contribution < 1.29 is 9.53 Å². The number of benzene rings is 2. The second-order valence-corrected chi connectivity index (χ2v) is 6.42. The molecule has 0 unspecified atom stereocenters. The van der Waals surface area contributed by atoms with Crippen LogP contribution in [0.5, 0.6) is 5.75 Å². The third-order valence-electron chi connectivity index (χ3n) is 3.05. The third kappa shape index (κ3) is 3.75. The molecule has 0 spiro atoms. The van der Waals surface area contributed by atoms with Crippen molar-refractivity contribution in [2.24, 2.45) is 0 Å². The standard InChI is InChI=1S/C17H13NO2S2/c19-16-15(22-17(21)18-16)10-13-7-4-8-14(9-13)20-11-12-5-2-1-3-6-12/h1-10H,11H2,(H,18,19,21)/b15-10-. The zero-order chi connectivity index (χ0) is 15.4. The Balaban J connectivity index is 1.71. The lowest BCUT2D eigenvalue weighted by Crippen LogP contribution is -2.17. The molecule has 3 rings (SSSR count). The Morgan fingerprint density at radius 1 is 1.14 bits per heavy atom. The molecule has 0 aromatic heterocycles. The lowest BCUT2D eigenvalue weighted by atomic mass is 10.2. The highest BCUT2D eigenvalue weighted by atomic mass is 32.2. The molecule has 3 nitrogen and oxygen atoms in total. The van der Waals surface area contributed by atoms with E-state index < -0.39 is 0 Å². The number of thioether (sulfide) groups is 1. The summed E-state index contributed by atoms with van der Waals surface area (Å²) in [6.07, 6.45) is 1.81. The maximum absolute atomic E-state index is 11.7. The number of hydrogen-bond acceptors (Lipinski definition) is 4. The van der Waals surface area contributed by atoms with Crippen LogP contribution in [0.1, 0.15) is 11.1 Å². The van der Waals surface area contributed by atoms with Crippen molar-refractivity contribution >= 4 is 40.3 Å². The van der Waals surface area contributed by atoms with Crippen LogP contribution in [-0.4, -0.2) is 10.2 Å². The van der Waals surface area contributed by atoms with Crippen molar-refractivity contribution in [2.45, 2.75) is 6.61 Å². The Morgan fingerprint density at radius 2 is 1.95 bits per heavy atom. The summed E-state index contributed by atoms with van der Waals surface area (Å²) in [6.45, 7) is 0.514. The molecule has 1 amide bonds. The first-order chi connectivity index (χ1) is 10.7. The molecule has 0 saturated carbocycles. The molecule has 1 fully saturated rings. The van der Waals surface area contributed by atoms with Gasteiger partial charge in [-0.3, -0.25) is 4.79 Å². The highest BCUT2D eigenvalue weighted by Crippen LogP contribution is 2.27. The van der Waals surface area contributed by atoms with Crippen molar-refractivity contribution in [3.8, 4) is 5.75 Å². The smallest absolute Gasteiger partial charge is 0.263 e. The Hall–Kier alpha value is -2.11. The van der Waals surface area contributed by atoms with Crippen molar-refractivity contribution in [1.29, 1.82) is 0 Å². The van der Waals surface area contributed by atoms with Gasteiger partial charge in [0.15, 0.2) is 0 Å². The fourth-order valence-corrected chi connectivity index (χ4v) is 3.05. The molecule has 5 heteroatoms. The van der Waals surface area contributed by atoms with Gasteiger partial charge in [0, 0.05) is 0 Å². The van der Waals surface area contributed by atoms with Gasteiger partial charge in [0.05, 0.1) is 4.91 Å². The van der Waals surface area contributed by atoms with Crippen LogP contribution in [0.15, 0.2) is 59.5 Å². The third-order valence-corrected chi connectivity index (χ3v) is 4.21. The van der Waals surface area contributed by atoms with E-state index in [1.165, 1.54) is 11.8 Å². The molecular weight excluding hydrogens is 314 g/mol. The Bertz CT molecular complexity index is 741. The Kier molecular flexibility index (Phi) is 4.56. The van der Waals surface area contributed by atoms with E-state index in [1.807, 2.05) is 60.7 Å². The summed E-state index contributed by atoms with van der Waals surface area (Å²) >= 11 is 6.25. The van der Waals surface area contributed by atoms with E-state index in [0.717, 1.165) is 16.9 Å². The van der Waals surface area contributed by atoms with Gasteiger partial charge in [0.1, 0.15) is 16.7 Å². The quantitative estimate of drug-likeness (QED) is 0.685. The van der Waals surface area contributed by atoms with Crippen molar-refractivity contribution in [3.63, 3.8) is 0 Å². The molecule has 2 aromatic carbocycles. The first kappa shape index (κ1) is 14.8. The number of thiocarbonyl (C=S) groups is 1. The summed E-state index contributed by atoms with van der Waals surface area (Å²) in [7, 11) is 0. The average molecular weight is 327 g/mol. The van der Waals surface area contributed by atoms with Crippen LogP contribution >= 0.6 is 24.0 Å². The highest BCUT2D eigenvalue weighted by Gasteiger charge is 2.21. The van der Waals surface area contributed by atoms with Gasteiger partial charge in [-0.1, -0.05) is 66.4 Å². The number of carbonyl (C=O) groups excluding carboxylic acids is 1. The largest absolute Gasteiger partial charge is 0.489 e. The van der Waals surface area contributed by atoms with Gasteiger partial charge in [0.25, 0.3) is 5.91 Å². The van der Waals surface area contributed by atoms with Crippen LogP contribution in [0, 0.1) is 0 Å². The molecule has 1 aliphatic heterocycles. The number of carbonyl (C=O) groups is 1. The van der Waals surface area contributed by atoms with Crippen LogP contribution in [0.2, 0.25) is 0 Å². The van der Waals surface area contributed by atoms with E-state index in [4.69, 9.17) is 17.0 Å². The summed E-state index contributed by atoms with van der Waals surface area (Å²) in [5.74, 6) is 0.620. The van der Waals surface area contributed by atoms with Crippen molar-refractivity contribution in [3.05, 3.63) is 70.6 Å². The van der Waals surface area contributed by atoms with E-state index in [1.54, 1.807) is 0 Å². The molecular formula is C17H13NO2S2. The van der Waals surface area contributed by atoms with E-state index >= 15 is 0 Å². The molecule has 2 aromatic rings. The molecule has 110 valence electrons. The van der Waals surface area contributed by atoms with E-state index in [0.29, 0.717) is 15.8 Å². The van der Waals surface area contributed by atoms with Crippen LogP contribution in [0.25, 0.3) is 6.08 Å². The fourth-order valence-electron chi connectivity index (χ4n) is 2.01. The molecule has 1 aliphatic rings. The zero-order valence-electron chi connectivity index (χ0n) is 11.6. The molecule has 0 atom stereocenters. The lowest BCUT2D eigenvalue weighted by molar-refractivity contribution is -0.115. The van der Waals surface area contributed by atoms with Crippen LogP contribution in [0.3, 0.4) is 0 Å². The number of ether oxygens (including phenoxy) is 1. The Morgan fingerprint density at radius 3 is 2.68 bits per heavy atom. The number of nitrogens with one attached hydrogen (secondary N) is 1. The predicted octanol–water partition coefficient (Wildman–Crippen LogP) is 3.75. The van der Waals surface area contributed by atoms with Gasteiger partial charge in [-0.15, -0.1) is 0 Å². The van der Waals surface area contributed by atoms with E-state index in [9.17, 15) is 4.79 Å². The highest BCUT2D eigenvalue weighted by molar-refractivity contribution is 8.26. The summed E-state index contributed by atoms with van der Waals surface area (Å²) in [4.78, 5) is 12.3. The minimum Gasteiger partial charge on any atom is -0.489 e. The van der Waals surface area contributed by atoms with Crippen molar-refractivity contribution in [1.82, 2.24) is 5.32 Å². The molecule has 0 aliphatic carbocycles. The Labute approximate surface area is 138 Å². The van der Waals surface area contributed by atoms with Gasteiger partial charge in [0.2, 0.25) is 0 Å². The first-order valence-electron chi connectivity index (χ1n) is 6.72. The SMILES string of the molecule is O=C1NC(=S)S/C1=C\c1cccc(OCc2ccccc2)c1. The van der Waals surface area contributed by atoms with E-state index in [-0.39, 0.29) is 5.91 Å². The lowest BCUT2D eigenvalue weighted by Gasteiger charge is -2.07. The summed E-state index contributed by atoms with van der Waals surface area (Å²) in [5, 5.41) is 2.60. The predicted molar refractivity (Wildman–Crippen MR) is 93.5 cm³/mol. The second kappa shape index (κ2) is 6.77. The van der Waals surface area contributed by atoms with Gasteiger partial charge < -0.3 is 10.1 Å². The molecule has 1 heterocycles. The van der Waals surface area contributed by atoms with Crippen LogP contribution in [-0.2, 0) is 11.4 Å². The average Bonchev–Trinajstić information content (AvgIpc) is 2.84. The van der Waals surface area contributed by atoms with Crippen molar-refractivity contribution in [2.75, 3.05) is 0 Å². The second-order valence-electron chi connectivity index (χ2n) is 4.70. The maximum Gasteiger partial charge on any atom is 0.263 e. The minimum absolute atomic E-state index is 0.148. The number of rotatable bonds is 4. The first-order valence-corrected chi connectivity index (χ1v) is 7.95. The maximum atomic E-state index is 11.7. The van der Waals surface area contributed by atoms with Gasteiger partial charge in [-0.05, 0) is 29.3 Å². The number of amides is 1. The molecule has 1 saturated heterocycles. The summed E-state index contributed by atoms with van der Waals surface area (Å²) in [5.41, 5.74) is 2.02. The molecule has 0 bridgehead atoms. The molecule has 1 N–H and O–H groups in total. The summed E-state index contributed by atoms with van der Waals surface area (Å²) < 4.78 is 6.28. The monoisotopic (exact) mass is 327 g/mol.